The molecule has 0 saturated carbocycles. The van der Waals surface area contributed by atoms with Gasteiger partial charge >= 0.3 is 6.03 Å². The number of carbonyl (C=O) groups is 1. The largest absolute Gasteiger partial charge is 0.334 e. The molecule has 0 atom stereocenters. The van der Waals surface area contributed by atoms with E-state index in [9.17, 15) is 13.2 Å². The summed E-state index contributed by atoms with van der Waals surface area (Å²) >= 11 is 1.18. The third kappa shape index (κ3) is 5.29. The van der Waals surface area contributed by atoms with Crippen LogP contribution in [0.4, 0.5) is 4.79 Å². The normalized spacial score (nSPS) is 11.5. The molecule has 1 aromatic carbocycles. The molecule has 2 amide bonds. The molecule has 0 aliphatic rings. The van der Waals surface area contributed by atoms with Crippen molar-refractivity contribution in [3.63, 3.8) is 0 Å². The van der Waals surface area contributed by atoms with Gasteiger partial charge in [0, 0.05) is 24.5 Å². The fraction of sp³-hybridized carbons (Fsp3) is 0.353. The second kappa shape index (κ2) is 8.98. The Kier molecular flexibility index (Phi) is 6.98. The maximum atomic E-state index is 12.4. The van der Waals surface area contributed by atoms with Crippen molar-refractivity contribution in [2.24, 2.45) is 0 Å². The smallest absolute Gasteiger partial charge is 0.315 e. The molecule has 0 saturated heterocycles. The van der Waals surface area contributed by atoms with Crippen LogP contribution in [0, 0.1) is 0 Å². The van der Waals surface area contributed by atoms with Crippen molar-refractivity contribution in [1.29, 1.82) is 0 Å². The van der Waals surface area contributed by atoms with Gasteiger partial charge in [-0.3, -0.25) is 0 Å². The Labute approximate surface area is 152 Å². The van der Waals surface area contributed by atoms with Gasteiger partial charge in [0.25, 0.3) is 10.0 Å². The minimum absolute atomic E-state index is 0.287. The lowest BCUT2D eigenvalue weighted by Crippen LogP contribution is -2.34. The number of hydrogen-bond donors (Lipinski definition) is 2. The SMILES string of the molecule is CCN(CC)S(=O)(=O)c1ccc(CNC(=O)NCc2ccccc2)s1. The van der Waals surface area contributed by atoms with Gasteiger partial charge < -0.3 is 10.6 Å². The molecular weight excluding hydrogens is 358 g/mol. The van der Waals surface area contributed by atoms with Crippen LogP contribution in [0.25, 0.3) is 0 Å². The molecule has 0 radical (unpaired) electrons. The average molecular weight is 382 g/mol. The third-order valence-electron chi connectivity index (χ3n) is 3.66. The topological polar surface area (TPSA) is 78.5 Å². The van der Waals surface area contributed by atoms with Gasteiger partial charge in [0.1, 0.15) is 4.21 Å². The number of amides is 2. The summed E-state index contributed by atoms with van der Waals surface area (Å²) in [6.07, 6.45) is 0. The Balaban J connectivity index is 1.88. The maximum absolute atomic E-state index is 12.4. The molecule has 0 spiro atoms. The number of sulfonamides is 1. The molecule has 0 aliphatic heterocycles. The van der Waals surface area contributed by atoms with Gasteiger partial charge in [-0.25, -0.2) is 13.2 Å². The van der Waals surface area contributed by atoms with E-state index in [-0.39, 0.29) is 6.03 Å². The van der Waals surface area contributed by atoms with E-state index in [4.69, 9.17) is 0 Å². The van der Waals surface area contributed by atoms with Crippen molar-refractivity contribution in [2.45, 2.75) is 31.1 Å². The standard InChI is InChI=1S/C17H23N3O3S2/c1-3-20(4-2)25(22,23)16-11-10-15(24-16)13-19-17(21)18-12-14-8-6-5-7-9-14/h5-11H,3-4,12-13H2,1-2H3,(H2,18,19,21). The molecule has 2 rings (SSSR count). The highest BCUT2D eigenvalue weighted by atomic mass is 32.2. The first kappa shape index (κ1) is 19.4. The molecule has 2 N–H and O–H groups in total. The summed E-state index contributed by atoms with van der Waals surface area (Å²) in [5, 5.41) is 5.51. The lowest BCUT2D eigenvalue weighted by atomic mass is 10.2. The van der Waals surface area contributed by atoms with Crippen molar-refractivity contribution in [1.82, 2.24) is 14.9 Å². The Morgan fingerprint density at radius 3 is 2.28 bits per heavy atom. The Morgan fingerprint density at radius 1 is 1.00 bits per heavy atom. The highest BCUT2D eigenvalue weighted by Crippen LogP contribution is 2.24. The second-order valence-electron chi connectivity index (χ2n) is 5.33. The van der Waals surface area contributed by atoms with Gasteiger partial charge in [-0.2, -0.15) is 4.31 Å². The minimum atomic E-state index is -3.44. The van der Waals surface area contributed by atoms with E-state index < -0.39 is 10.0 Å². The van der Waals surface area contributed by atoms with E-state index in [0.717, 1.165) is 10.4 Å². The van der Waals surface area contributed by atoms with Crippen molar-refractivity contribution >= 4 is 27.4 Å². The highest BCUT2D eigenvalue weighted by molar-refractivity contribution is 7.91. The summed E-state index contributed by atoms with van der Waals surface area (Å²) in [6.45, 7) is 5.23. The number of urea groups is 1. The molecule has 1 aromatic heterocycles. The molecule has 2 aromatic rings. The molecule has 1 heterocycles. The zero-order chi connectivity index (χ0) is 18.3. The average Bonchev–Trinajstić information content (AvgIpc) is 3.10. The predicted octanol–water partition coefficient (Wildman–Crippen LogP) is 2.78. The lowest BCUT2D eigenvalue weighted by Gasteiger charge is -2.16. The van der Waals surface area contributed by atoms with Crippen molar-refractivity contribution < 1.29 is 13.2 Å². The van der Waals surface area contributed by atoms with Crippen LogP contribution in [0.3, 0.4) is 0 Å². The summed E-state index contributed by atoms with van der Waals surface area (Å²) in [6, 6.07) is 12.7. The molecule has 6 nitrogen and oxygen atoms in total. The van der Waals surface area contributed by atoms with Crippen LogP contribution in [0.2, 0.25) is 0 Å². The van der Waals surface area contributed by atoms with E-state index in [1.807, 2.05) is 44.2 Å². The van der Waals surface area contributed by atoms with Crippen molar-refractivity contribution in [2.75, 3.05) is 13.1 Å². The number of nitrogens with zero attached hydrogens (tertiary/aromatic N) is 1. The van der Waals surface area contributed by atoms with Gasteiger partial charge in [0.2, 0.25) is 0 Å². The van der Waals surface area contributed by atoms with Crippen LogP contribution in [0.5, 0.6) is 0 Å². The monoisotopic (exact) mass is 381 g/mol. The quantitative estimate of drug-likeness (QED) is 0.738. The summed E-state index contributed by atoms with van der Waals surface area (Å²) in [5.41, 5.74) is 1.02. The fourth-order valence-electron chi connectivity index (χ4n) is 2.29. The first-order chi connectivity index (χ1) is 12.0. The van der Waals surface area contributed by atoms with Crippen LogP contribution in [0.15, 0.2) is 46.7 Å². The molecule has 0 bridgehead atoms. The van der Waals surface area contributed by atoms with Crippen molar-refractivity contribution in [3.8, 4) is 0 Å². The number of carbonyl (C=O) groups excluding carboxylic acids is 1. The van der Waals surface area contributed by atoms with E-state index in [1.54, 1.807) is 12.1 Å². The lowest BCUT2D eigenvalue weighted by molar-refractivity contribution is 0.240. The predicted molar refractivity (Wildman–Crippen MR) is 99.9 cm³/mol. The van der Waals surface area contributed by atoms with E-state index in [2.05, 4.69) is 10.6 Å². The molecule has 25 heavy (non-hydrogen) atoms. The fourth-order valence-corrected chi connectivity index (χ4v) is 5.20. The molecule has 0 unspecified atom stereocenters. The van der Waals surface area contributed by atoms with Crippen LogP contribution < -0.4 is 10.6 Å². The first-order valence-corrected chi connectivity index (χ1v) is 10.4. The Bertz CT molecular complexity index is 784. The van der Waals surface area contributed by atoms with Crippen LogP contribution in [0.1, 0.15) is 24.3 Å². The van der Waals surface area contributed by atoms with Gasteiger partial charge in [0.15, 0.2) is 0 Å². The zero-order valence-electron chi connectivity index (χ0n) is 14.4. The van der Waals surface area contributed by atoms with Crippen LogP contribution in [-0.4, -0.2) is 31.8 Å². The van der Waals surface area contributed by atoms with Crippen molar-refractivity contribution in [3.05, 3.63) is 52.9 Å². The van der Waals surface area contributed by atoms with E-state index >= 15 is 0 Å². The minimum Gasteiger partial charge on any atom is -0.334 e. The van der Waals surface area contributed by atoms with Gasteiger partial charge in [-0.05, 0) is 17.7 Å². The van der Waals surface area contributed by atoms with E-state index in [1.165, 1.54) is 15.6 Å². The summed E-state index contributed by atoms with van der Waals surface area (Å²) in [7, 11) is -3.44. The number of nitrogens with one attached hydrogen (secondary N) is 2. The Hall–Kier alpha value is -1.90. The molecule has 0 aliphatic carbocycles. The number of benzene rings is 1. The maximum Gasteiger partial charge on any atom is 0.315 e. The second-order valence-corrected chi connectivity index (χ2v) is 8.67. The molecular formula is C17H23N3O3S2. The van der Waals surface area contributed by atoms with E-state index in [0.29, 0.717) is 30.4 Å². The van der Waals surface area contributed by atoms with Crippen LogP contribution >= 0.6 is 11.3 Å². The highest BCUT2D eigenvalue weighted by Gasteiger charge is 2.23. The molecule has 0 fully saturated rings. The summed E-state index contributed by atoms with van der Waals surface area (Å²) < 4.78 is 26.6. The zero-order valence-corrected chi connectivity index (χ0v) is 16.0. The first-order valence-electron chi connectivity index (χ1n) is 8.11. The molecule has 8 heteroatoms. The summed E-state index contributed by atoms with van der Waals surface area (Å²) in [5.74, 6) is 0. The number of hydrogen-bond acceptors (Lipinski definition) is 4. The Morgan fingerprint density at radius 2 is 1.64 bits per heavy atom. The van der Waals surface area contributed by atoms with Gasteiger partial charge in [0.05, 0.1) is 6.54 Å². The van der Waals surface area contributed by atoms with Gasteiger partial charge in [-0.1, -0.05) is 44.2 Å². The number of rotatable bonds is 8. The summed E-state index contributed by atoms with van der Waals surface area (Å²) in [4.78, 5) is 12.6. The van der Waals surface area contributed by atoms with Crippen LogP contribution in [-0.2, 0) is 23.1 Å². The third-order valence-corrected chi connectivity index (χ3v) is 7.26. The van der Waals surface area contributed by atoms with Gasteiger partial charge in [-0.15, -0.1) is 11.3 Å². The molecule has 136 valence electrons. The number of thiophene rings is 1.